The van der Waals surface area contributed by atoms with E-state index < -0.39 is 10.7 Å². The van der Waals surface area contributed by atoms with Crippen molar-refractivity contribution in [1.82, 2.24) is 0 Å². The van der Waals surface area contributed by atoms with E-state index >= 15 is 0 Å². The van der Waals surface area contributed by atoms with Gasteiger partial charge in [-0.2, -0.15) is 0 Å². The number of aliphatic carboxylic acids is 1. The normalized spacial score (nSPS) is 12.9. The molecule has 0 radical (unpaired) electrons. The van der Waals surface area contributed by atoms with E-state index in [0.29, 0.717) is 5.69 Å². The zero-order valence-electron chi connectivity index (χ0n) is 22.2. The third-order valence-electron chi connectivity index (χ3n) is 6.51. The topological polar surface area (TPSA) is 86.6 Å². The number of thioether (sulfide) groups is 1. The van der Waals surface area contributed by atoms with E-state index in [1.807, 2.05) is 0 Å². The summed E-state index contributed by atoms with van der Waals surface area (Å²) in [5.41, 5.74) is 0.549. The van der Waals surface area contributed by atoms with Gasteiger partial charge in [0.2, 0.25) is 5.91 Å². The lowest BCUT2D eigenvalue weighted by Crippen LogP contribution is -2.39. The number of benzene rings is 1. The van der Waals surface area contributed by atoms with Crippen molar-refractivity contribution in [3.63, 3.8) is 0 Å². The molecule has 200 valence electrons. The van der Waals surface area contributed by atoms with Crippen LogP contribution in [0.2, 0.25) is 0 Å². The number of phenolic OH excluding ortho intramolecular Hbond substituents is 1. The molecule has 5 nitrogen and oxygen atoms in total. The number of carboxylic acid groups (broad SMARTS) is 1. The van der Waals surface area contributed by atoms with Crippen LogP contribution in [0, 0.1) is 0 Å². The van der Waals surface area contributed by atoms with E-state index in [1.165, 1.54) is 114 Å². The fourth-order valence-corrected chi connectivity index (χ4v) is 5.45. The highest BCUT2D eigenvalue weighted by Crippen LogP contribution is 2.32. The van der Waals surface area contributed by atoms with Crippen molar-refractivity contribution in [3.8, 4) is 5.75 Å². The van der Waals surface area contributed by atoms with Crippen LogP contribution in [0.4, 0.5) is 5.69 Å². The minimum atomic E-state index is -1.03. The Morgan fingerprint density at radius 3 is 1.63 bits per heavy atom. The number of hydrogen-bond acceptors (Lipinski definition) is 4. The fourth-order valence-electron chi connectivity index (χ4n) is 4.24. The highest BCUT2D eigenvalue weighted by molar-refractivity contribution is 8.01. The van der Waals surface area contributed by atoms with Crippen LogP contribution in [0.3, 0.4) is 0 Å². The van der Waals surface area contributed by atoms with E-state index in [9.17, 15) is 19.8 Å². The van der Waals surface area contributed by atoms with E-state index in [1.54, 1.807) is 19.1 Å². The number of phenols is 1. The molecule has 1 unspecified atom stereocenters. The standard InChI is InChI=1S/C29H49NO4S/c1-3-4-5-6-7-8-9-10-11-12-13-14-15-16-17-18-23-35-29(2,24-27(32)33)28(34)30-25-19-21-26(31)22-20-25/h19-22,31H,3-18,23-24H2,1-2H3,(H,30,34)(H,32,33). The number of rotatable bonds is 22. The van der Waals surface area contributed by atoms with Crippen molar-refractivity contribution in [2.75, 3.05) is 11.1 Å². The Kier molecular flexibility index (Phi) is 17.5. The second kappa shape index (κ2) is 19.5. The molecule has 0 saturated carbocycles. The third-order valence-corrected chi connectivity index (χ3v) is 7.97. The lowest BCUT2D eigenvalue weighted by atomic mass is 10.0. The summed E-state index contributed by atoms with van der Waals surface area (Å²) >= 11 is 1.43. The zero-order valence-corrected chi connectivity index (χ0v) is 23.0. The van der Waals surface area contributed by atoms with Gasteiger partial charge in [0.05, 0.1) is 6.42 Å². The van der Waals surface area contributed by atoms with Gasteiger partial charge in [0.1, 0.15) is 10.5 Å². The van der Waals surface area contributed by atoms with Gasteiger partial charge >= 0.3 is 5.97 Å². The number of carbonyl (C=O) groups is 2. The van der Waals surface area contributed by atoms with Crippen molar-refractivity contribution in [3.05, 3.63) is 24.3 Å². The molecule has 1 rings (SSSR count). The smallest absolute Gasteiger partial charge is 0.305 e. The molecule has 0 aromatic heterocycles. The van der Waals surface area contributed by atoms with Crippen LogP contribution in [-0.2, 0) is 9.59 Å². The molecule has 1 amide bonds. The minimum Gasteiger partial charge on any atom is -0.508 e. The first-order chi connectivity index (χ1) is 16.9. The summed E-state index contributed by atoms with van der Waals surface area (Å²) in [5.74, 6) is -0.403. The summed E-state index contributed by atoms with van der Waals surface area (Å²) in [6.45, 7) is 3.97. The molecule has 35 heavy (non-hydrogen) atoms. The van der Waals surface area contributed by atoms with Gasteiger partial charge in [-0.05, 0) is 43.4 Å². The van der Waals surface area contributed by atoms with Crippen LogP contribution in [0.25, 0.3) is 0 Å². The number of nitrogens with one attached hydrogen (secondary N) is 1. The van der Waals surface area contributed by atoms with Crippen LogP contribution < -0.4 is 5.32 Å². The molecule has 0 saturated heterocycles. The molecule has 0 bridgehead atoms. The van der Waals surface area contributed by atoms with Gasteiger partial charge in [-0.3, -0.25) is 9.59 Å². The SMILES string of the molecule is CCCCCCCCCCCCCCCCCCSC(C)(CC(=O)O)C(=O)Nc1ccc(O)cc1. The lowest BCUT2D eigenvalue weighted by molar-refractivity contribution is -0.139. The van der Waals surface area contributed by atoms with Crippen LogP contribution in [-0.4, -0.2) is 32.6 Å². The predicted molar refractivity (Wildman–Crippen MR) is 149 cm³/mol. The van der Waals surface area contributed by atoms with Crippen molar-refractivity contribution in [1.29, 1.82) is 0 Å². The summed E-state index contributed by atoms with van der Waals surface area (Å²) in [5, 5.41) is 21.5. The van der Waals surface area contributed by atoms with Gasteiger partial charge in [-0.15, -0.1) is 11.8 Å². The van der Waals surface area contributed by atoms with E-state index in [2.05, 4.69) is 12.2 Å². The molecule has 0 fully saturated rings. The van der Waals surface area contributed by atoms with Crippen molar-refractivity contribution < 1.29 is 19.8 Å². The van der Waals surface area contributed by atoms with Gasteiger partial charge in [-0.25, -0.2) is 0 Å². The van der Waals surface area contributed by atoms with Crippen LogP contribution in [0.15, 0.2) is 24.3 Å². The Balaban J connectivity index is 2.10. The number of amides is 1. The summed E-state index contributed by atoms with van der Waals surface area (Å²) in [6, 6.07) is 6.20. The Hall–Kier alpha value is -1.69. The van der Waals surface area contributed by atoms with Crippen LogP contribution >= 0.6 is 11.8 Å². The number of anilines is 1. The van der Waals surface area contributed by atoms with Crippen LogP contribution in [0.1, 0.15) is 123 Å². The second-order valence-corrected chi connectivity index (χ2v) is 11.6. The average Bonchev–Trinajstić information content (AvgIpc) is 2.82. The van der Waals surface area contributed by atoms with E-state index in [-0.39, 0.29) is 18.1 Å². The van der Waals surface area contributed by atoms with Crippen LogP contribution in [0.5, 0.6) is 5.75 Å². The van der Waals surface area contributed by atoms with Gasteiger partial charge in [0, 0.05) is 5.69 Å². The molecule has 0 aliphatic heterocycles. The number of hydrogen-bond donors (Lipinski definition) is 3. The van der Waals surface area contributed by atoms with Crippen molar-refractivity contribution >= 4 is 29.3 Å². The maximum absolute atomic E-state index is 12.8. The predicted octanol–water partition coefficient (Wildman–Crippen LogP) is 8.56. The summed E-state index contributed by atoms with van der Waals surface area (Å²) in [4.78, 5) is 24.2. The maximum atomic E-state index is 12.8. The third kappa shape index (κ3) is 15.8. The molecule has 0 aliphatic rings. The summed E-state index contributed by atoms with van der Waals surface area (Å²) in [6.07, 6.45) is 20.9. The van der Waals surface area contributed by atoms with Gasteiger partial charge < -0.3 is 15.5 Å². The first kappa shape index (κ1) is 31.3. The number of unbranched alkanes of at least 4 members (excludes halogenated alkanes) is 15. The van der Waals surface area contributed by atoms with E-state index in [4.69, 9.17) is 0 Å². The average molecular weight is 508 g/mol. The van der Waals surface area contributed by atoms with Gasteiger partial charge in [0.25, 0.3) is 0 Å². The maximum Gasteiger partial charge on any atom is 0.305 e. The molecule has 0 aliphatic carbocycles. The van der Waals surface area contributed by atoms with E-state index in [0.717, 1.165) is 18.6 Å². The summed E-state index contributed by atoms with van der Waals surface area (Å²) < 4.78 is -1.03. The minimum absolute atomic E-state index is 0.120. The Bertz CT molecular complexity index is 694. The Morgan fingerprint density at radius 2 is 1.20 bits per heavy atom. The second-order valence-electron chi connectivity index (χ2n) is 9.95. The summed E-state index contributed by atoms with van der Waals surface area (Å²) in [7, 11) is 0. The molecule has 6 heteroatoms. The van der Waals surface area contributed by atoms with Crippen molar-refractivity contribution in [2.24, 2.45) is 0 Å². The number of aromatic hydroxyl groups is 1. The molecule has 0 spiro atoms. The molecular formula is C29H49NO4S. The Labute approximate surface area is 217 Å². The first-order valence-corrected chi connectivity index (χ1v) is 14.8. The highest BCUT2D eigenvalue weighted by atomic mass is 32.2. The molecule has 1 aromatic rings. The molecular weight excluding hydrogens is 458 g/mol. The Morgan fingerprint density at radius 1 is 0.771 bits per heavy atom. The number of carboxylic acids is 1. The molecule has 0 heterocycles. The quantitative estimate of drug-likeness (QED) is 0.108. The monoisotopic (exact) mass is 507 g/mol. The highest BCUT2D eigenvalue weighted by Gasteiger charge is 2.36. The molecule has 1 aromatic carbocycles. The zero-order chi connectivity index (χ0) is 25.8. The first-order valence-electron chi connectivity index (χ1n) is 13.8. The van der Waals surface area contributed by atoms with Gasteiger partial charge in [-0.1, -0.05) is 103 Å². The fraction of sp³-hybridized carbons (Fsp3) is 0.724. The lowest BCUT2D eigenvalue weighted by Gasteiger charge is -2.26. The molecule has 3 N–H and O–H groups in total. The molecule has 1 atom stereocenters. The largest absolute Gasteiger partial charge is 0.508 e. The van der Waals surface area contributed by atoms with Gasteiger partial charge in [0.15, 0.2) is 0 Å². The number of carbonyl (C=O) groups excluding carboxylic acids is 1. The van der Waals surface area contributed by atoms with Crippen molar-refractivity contribution in [2.45, 2.75) is 128 Å².